The van der Waals surface area contributed by atoms with Gasteiger partial charge >= 0.3 is 0 Å². The SMILES string of the molecule is Cc1cc(-c2csc(/N=C(\N)c3ccccc3)n2)cn1S(=O)(=O)c1ccccc1. The topological polar surface area (TPSA) is 90.3 Å². The quantitative estimate of drug-likeness (QED) is 0.386. The highest BCUT2D eigenvalue weighted by Crippen LogP contribution is 2.29. The second kappa shape index (κ2) is 7.65. The van der Waals surface area contributed by atoms with E-state index in [-0.39, 0.29) is 4.90 Å². The van der Waals surface area contributed by atoms with Gasteiger partial charge in [0.1, 0.15) is 5.84 Å². The Balaban J connectivity index is 1.66. The van der Waals surface area contributed by atoms with Crippen LogP contribution in [0.15, 0.2) is 88.2 Å². The summed E-state index contributed by atoms with van der Waals surface area (Å²) in [4.78, 5) is 9.12. The van der Waals surface area contributed by atoms with Gasteiger partial charge in [-0.25, -0.2) is 22.4 Å². The third-order valence-corrected chi connectivity index (χ3v) is 6.86. The fourth-order valence-electron chi connectivity index (χ4n) is 2.88. The van der Waals surface area contributed by atoms with Crippen LogP contribution >= 0.6 is 11.3 Å². The Morgan fingerprint density at radius 3 is 2.41 bits per heavy atom. The van der Waals surface area contributed by atoms with Crippen LogP contribution in [0.1, 0.15) is 11.3 Å². The Morgan fingerprint density at radius 1 is 1.07 bits per heavy atom. The summed E-state index contributed by atoms with van der Waals surface area (Å²) in [6.07, 6.45) is 1.58. The van der Waals surface area contributed by atoms with Gasteiger partial charge in [-0.3, -0.25) is 0 Å². The Morgan fingerprint density at radius 2 is 1.72 bits per heavy atom. The molecule has 0 aliphatic rings. The van der Waals surface area contributed by atoms with Crippen molar-refractivity contribution in [3.63, 3.8) is 0 Å². The molecule has 0 saturated heterocycles. The normalized spacial score (nSPS) is 12.2. The maximum atomic E-state index is 12.9. The Bertz CT molecular complexity index is 1270. The molecule has 2 N–H and O–H groups in total. The molecular weight excluding hydrogens is 404 g/mol. The summed E-state index contributed by atoms with van der Waals surface area (Å²) in [7, 11) is -3.66. The Kier molecular flexibility index (Phi) is 5.04. The number of hydrogen-bond donors (Lipinski definition) is 1. The summed E-state index contributed by atoms with van der Waals surface area (Å²) in [5.74, 6) is 0.381. The van der Waals surface area contributed by atoms with Crippen molar-refractivity contribution in [1.82, 2.24) is 8.96 Å². The van der Waals surface area contributed by atoms with Crippen molar-refractivity contribution in [2.45, 2.75) is 11.8 Å². The summed E-state index contributed by atoms with van der Waals surface area (Å²) >= 11 is 1.35. The number of amidine groups is 1. The number of hydrogen-bond acceptors (Lipinski definition) is 5. The van der Waals surface area contributed by atoms with E-state index in [0.717, 1.165) is 5.56 Å². The third kappa shape index (κ3) is 3.85. The lowest BCUT2D eigenvalue weighted by Gasteiger charge is -2.07. The molecule has 146 valence electrons. The molecule has 2 aromatic heterocycles. The number of aliphatic imine (C=N–C) groups is 1. The molecule has 0 saturated carbocycles. The molecule has 0 amide bonds. The van der Waals surface area contributed by atoms with Crippen LogP contribution < -0.4 is 5.73 Å². The van der Waals surface area contributed by atoms with Gasteiger partial charge in [-0.15, -0.1) is 11.3 Å². The fourth-order valence-corrected chi connectivity index (χ4v) is 5.00. The molecule has 6 nitrogen and oxygen atoms in total. The van der Waals surface area contributed by atoms with Crippen molar-refractivity contribution in [3.05, 3.63) is 89.6 Å². The number of rotatable bonds is 5. The first-order valence-corrected chi connectivity index (χ1v) is 11.1. The van der Waals surface area contributed by atoms with Gasteiger partial charge in [0.2, 0.25) is 5.13 Å². The summed E-state index contributed by atoms with van der Waals surface area (Å²) in [6.45, 7) is 1.75. The van der Waals surface area contributed by atoms with E-state index in [1.54, 1.807) is 49.5 Å². The van der Waals surface area contributed by atoms with E-state index in [2.05, 4.69) is 9.98 Å². The van der Waals surface area contributed by atoms with Crippen molar-refractivity contribution < 1.29 is 8.42 Å². The van der Waals surface area contributed by atoms with Crippen LogP contribution in [0.3, 0.4) is 0 Å². The van der Waals surface area contributed by atoms with Crippen LogP contribution in [0.25, 0.3) is 11.3 Å². The second-order valence-corrected chi connectivity index (χ2v) is 9.01. The first-order valence-electron chi connectivity index (χ1n) is 8.80. The van der Waals surface area contributed by atoms with Crippen molar-refractivity contribution in [3.8, 4) is 11.3 Å². The number of aromatic nitrogens is 2. The first kappa shape index (κ1) is 19.1. The van der Waals surface area contributed by atoms with Crippen molar-refractivity contribution in [1.29, 1.82) is 0 Å². The lowest BCUT2D eigenvalue weighted by atomic mass is 10.2. The monoisotopic (exact) mass is 422 g/mol. The van der Waals surface area contributed by atoms with E-state index < -0.39 is 10.0 Å². The predicted molar refractivity (Wildman–Crippen MR) is 116 cm³/mol. The highest BCUT2D eigenvalue weighted by molar-refractivity contribution is 7.90. The van der Waals surface area contributed by atoms with Gasteiger partial charge in [-0.1, -0.05) is 48.5 Å². The zero-order chi connectivity index (χ0) is 20.4. The van der Waals surface area contributed by atoms with Crippen molar-refractivity contribution >= 4 is 32.3 Å². The van der Waals surface area contributed by atoms with Crippen LogP contribution in [0.4, 0.5) is 5.13 Å². The minimum absolute atomic E-state index is 0.240. The lowest BCUT2D eigenvalue weighted by Crippen LogP contribution is -2.13. The van der Waals surface area contributed by atoms with E-state index in [9.17, 15) is 8.42 Å². The molecule has 0 bridgehead atoms. The molecule has 2 aromatic carbocycles. The van der Waals surface area contributed by atoms with Crippen molar-refractivity contribution in [2.24, 2.45) is 10.7 Å². The van der Waals surface area contributed by atoms with E-state index in [1.165, 1.54) is 15.3 Å². The molecular formula is C21H18N4O2S2. The van der Waals surface area contributed by atoms with Gasteiger partial charge in [0.15, 0.2) is 0 Å². The molecule has 4 rings (SSSR count). The van der Waals surface area contributed by atoms with E-state index in [4.69, 9.17) is 5.73 Å². The standard InChI is InChI=1S/C21H18N4O2S2/c1-15-12-17(13-25(15)29(26,27)18-10-6-3-7-11-18)19-14-28-21(23-19)24-20(22)16-8-4-2-5-9-16/h2-14H,1H3,(H2,22,23,24). The van der Waals surface area contributed by atoms with Gasteiger partial charge in [0.25, 0.3) is 10.0 Å². The summed E-state index contributed by atoms with van der Waals surface area (Å²) in [5, 5.41) is 2.35. The Hall–Kier alpha value is -3.23. The van der Waals surface area contributed by atoms with E-state index >= 15 is 0 Å². The first-order chi connectivity index (χ1) is 13.9. The van der Waals surface area contributed by atoms with Gasteiger partial charge in [0, 0.05) is 28.4 Å². The summed E-state index contributed by atoms with van der Waals surface area (Å²) in [5.41, 5.74) is 8.84. The number of benzene rings is 2. The van der Waals surface area contributed by atoms with Crippen LogP contribution in [0.5, 0.6) is 0 Å². The van der Waals surface area contributed by atoms with Gasteiger partial charge in [-0.05, 0) is 25.1 Å². The molecule has 29 heavy (non-hydrogen) atoms. The van der Waals surface area contributed by atoms with Crippen LogP contribution in [-0.4, -0.2) is 23.2 Å². The van der Waals surface area contributed by atoms with Crippen LogP contribution in [0, 0.1) is 6.92 Å². The predicted octanol–water partition coefficient (Wildman–Crippen LogP) is 4.19. The number of aryl methyl sites for hydroxylation is 1. The average molecular weight is 423 g/mol. The Labute approximate surface area is 173 Å². The highest BCUT2D eigenvalue weighted by atomic mass is 32.2. The highest BCUT2D eigenvalue weighted by Gasteiger charge is 2.20. The molecule has 0 aliphatic carbocycles. The maximum absolute atomic E-state index is 12.9. The molecule has 8 heteroatoms. The molecule has 0 spiro atoms. The third-order valence-electron chi connectivity index (χ3n) is 4.34. The van der Waals surface area contributed by atoms with Crippen molar-refractivity contribution in [2.75, 3.05) is 0 Å². The molecule has 0 aliphatic heterocycles. The summed E-state index contributed by atoms with van der Waals surface area (Å²) < 4.78 is 27.1. The average Bonchev–Trinajstić information content (AvgIpc) is 3.36. The molecule has 0 atom stereocenters. The van der Waals surface area contributed by atoms with E-state index in [1.807, 2.05) is 35.7 Å². The molecule has 0 unspecified atom stereocenters. The largest absolute Gasteiger partial charge is 0.383 e. The zero-order valence-corrected chi connectivity index (χ0v) is 17.2. The number of nitrogens with zero attached hydrogens (tertiary/aromatic N) is 3. The fraction of sp³-hybridized carbons (Fsp3) is 0.0476. The number of thiazole rings is 1. The maximum Gasteiger partial charge on any atom is 0.267 e. The summed E-state index contributed by atoms with van der Waals surface area (Å²) in [6, 6.07) is 19.6. The molecule has 0 radical (unpaired) electrons. The van der Waals surface area contributed by atoms with Crippen LogP contribution in [-0.2, 0) is 10.0 Å². The van der Waals surface area contributed by atoms with E-state index in [0.29, 0.717) is 27.9 Å². The van der Waals surface area contributed by atoms with Gasteiger partial charge < -0.3 is 5.73 Å². The molecule has 2 heterocycles. The zero-order valence-electron chi connectivity index (χ0n) is 15.6. The van der Waals surface area contributed by atoms with Gasteiger partial charge in [-0.2, -0.15) is 0 Å². The molecule has 0 fully saturated rings. The second-order valence-electron chi connectivity index (χ2n) is 6.36. The number of nitrogens with two attached hydrogens (primary N) is 1. The minimum atomic E-state index is -3.66. The minimum Gasteiger partial charge on any atom is -0.383 e. The smallest absolute Gasteiger partial charge is 0.267 e. The van der Waals surface area contributed by atoms with Crippen LogP contribution in [0.2, 0.25) is 0 Å². The molecule has 4 aromatic rings. The lowest BCUT2D eigenvalue weighted by molar-refractivity contribution is 0.586. The van der Waals surface area contributed by atoms with Gasteiger partial charge in [0.05, 0.1) is 10.6 Å².